The van der Waals surface area contributed by atoms with Crippen LogP contribution in [0.4, 0.5) is 15.8 Å². The van der Waals surface area contributed by atoms with Gasteiger partial charge >= 0.3 is 0 Å². The number of aromatic nitrogens is 3. The molecule has 10 heteroatoms. The number of thioether (sulfide) groups is 1. The van der Waals surface area contributed by atoms with Crippen molar-refractivity contribution < 1.29 is 18.8 Å². The molecular weight excluding hydrogens is 445 g/mol. The second-order valence-electron chi connectivity index (χ2n) is 7.30. The molecule has 8 nitrogen and oxygen atoms in total. The fourth-order valence-corrected chi connectivity index (χ4v) is 3.93. The molecule has 0 aliphatic rings. The zero-order chi connectivity index (χ0) is 24.0. The highest BCUT2D eigenvalue weighted by Crippen LogP contribution is 2.25. The fourth-order valence-electron chi connectivity index (χ4n) is 2.99. The zero-order valence-electron chi connectivity index (χ0n) is 18.5. The first-order chi connectivity index (χ1) is 15.8. The molecular formula is C23H24FN5O3S. The quantitative estimate of drug-likeness (QED) is 0.364. The number of anilines is 2. The van der Waals surface area contributed by atoms with Crippen molar-refractivity contribution in [1.29, 1.82) is 0 Å². The average molecular weight is 470 g/mol. The number of nitrogens with zero attached hydrogens (tertiary/aromatic N) is 3. The van der Waals surface area contributed by atoms with Crippen LogP contribution in [0.5, 0.6) is 0 Å². The number of rotatable bonds is 9. The minimum Gasteiger partial charge on any atom is -0.325 e. The summed E-state index contributed by atoms with van der Waals surface area (Å²) in [4.78, 5) is 36.7. The minimum absolute atomic E-state index is 0.0850. The van der Waals surface area contributed by atoms with Gasteiger partial charge in [-0.15, -0.1) is 10.2 Å². The number of carbonyl (C=O) groups excluding carboxylic acids is 3. The van der Waals surface area contributed by atoms with Gasteiger partial charge in [0, 0.05) is 18.3 Å². The van der Waals surface area contributed by atoms with Gasteiger partial charge < -0.3 is 15.2 Å². The lowest BCUT2D eigenvalue weighted by Crippen LogP contribution is -2.25. The molecule has 2 aromatic carbocycles. The Morgan fingerprint density at radius 1 is 1.09 bits per heavy atom. The standard InChI is InChI=1S/C23H24FN5O3S/c1-4-19(22(32)25-16-9-7-8-15(12-16)14(2)30)33-23-28-27-20(29(23)3)13-21(31)26-18-11-6-5-10-17(18)24/h5-12,19H,4,13H2,1-3H3,(H,25,32)(H,26,31). The minimum atomic E-state index is -0.523. The van der Waals surface area contributed by atoms with E-state index in [1.165, 1.54) is 36.9 Å². The van der Waals surface area contributed by atoms with Gasteiger partial charge in [-0.25, -0.2) is 4.39 Å². The van der Waals surface area contributed by atoms with Gasteiger partial charge in [0.15, 0.2) is 10.9 Å². The third kappa shape index (κ3) is 6.26. The van der Waals surface area contributed by atoms with Gasteiger partial charge in [0.05, 0.1) is 17.4 Å². The van der Waals surface area contributed by atoms with E-state index in [0.717, 1.165) is 0 Å². The van der Waals surface area contributed by atoms with E-state index < -0.39 is 17.0 Å². The molecule has 3 aromatic rings. The van der Waals surface area contributed by atoms with Crippen molar-refractivity contribution in [3.05, 3.63) is 65.7 Å². The van der Waals surface area contributed by atoms with Crippen molar-refractivity contribution in [3.63, 3.8) is 0 Å². The van der Waals surface area contributed by atoms with Gasteiger partial charge in [-0.1, -0.05) is 43.0 Å². The first kappa shape index (κ1) is 24.1. The smallest absolute Gasteiger partial charge is 0.237 e. The predicted molar refractivity (Wildman–Crippen MR) is 125 cm³/mol. The van der Waals surface area contributed by atoms with Crippen LogP contribution in [0.3, 0.4) is 0 Å². The molecule has 0 saturated carbocycles. The Hall–Kier alpha value is -3.53. The number of carbonyl (C=O) groups is 3. The Morgan fingerprint density at radius 2 is 1.85 bits per heavy atom. The number of ketones is 1. The maximum Gasteiger partial charge on any atom is 0.237 e. The van der Waals surface area contributed by atoms with Gasteiger partial charge in [-0.3, -0.25) is 14.4 Å². The lowest BCUT2D eigenvalue weighted by atomic mass is 10.1. The zero-order valence-corrected chi connectivity index (χ0v) is 19.3. The third-order valence-electron chi connectivity index (χ3n) is 4.84. The number of nitrogens with one attached hydrogen (secondary N) is 2. The summed E-state index contributed by atoms with van der Waals surface area (Å²) in [6.45, 7) is 3.34. The first-order valence-electron chi connectivity index (χ1n) is 10.3. The van der Waals surface area contributed by atoms with Gasteiger partial charge in [0.1, 0.15) is 11.6 Å². The molecule has 0 spiro atoms. The summed E-state index contributed by atoms with van der Waals surface area (Å²) in [5.41, 5.74) is 1.14. The number of hydrogen-bond donors (Lipinski definition) is 2. The fraction of sp³-hybridized carbons (Fsp3) is 0.261. The van der Waals surface area contributed by atoms with E-state index in [4.69, 9.17) is 0 Å². The molecule has 0 aliphatic heterocycles. The summed E-state index contributed by atoms with van der Waals surface area (Å²) in [5.74, 6) is -0.882. The molecule has 1 heterocycles. The normalized spacial score (nSPS) is 11.6. The van der Waals surface area contributed by atoms with Crippen molar-refractivity contribution in [2.75, 3.05) is 10.6 Å². The lowest BCUT2D eigenvalue weighted by molar-refractivity contribution is -0.116. The maximum absolute atomic E-state index is 13.7. The molecule has 0 bridgehead atoms. The van der Waals surface area contributed by atoms with Gasteiger partial charge in [0.2, 0.25) is 11.8 Å². The second kappa shape index (κ2) is 10.9. The largest absolute Gasteiger partial charge is 0.325 e. The Morgan fingerprint density at radius 3 is 2.55 bits per heavy atom. The molecule has 1 unspecified atom stereocenters. The van der Waals surface area contributed by atoms with E-state index >= 15 is 0 Å². The highest BCUT2D eigenvalue weighted by atomic mass is 32.2. The molecule has 2 amide bonds. The van der Waals surface area contributed by atoms with E-state index in [1.807, 2.05) is 6.92 Å². The van der Waals surface area contributed by atoms with Crippen LogP contribution in [-0.2, 0) is 23.1 Å². The van der Waals surface area contributed by atoms with Crippen LogP contribution in [-0.4, -0.2) is 37.6 Å². The molecule has 33 heavy (non-hydrogen) atoms. The van der Waals surface area contributed by atoms with E-state index in [1.54, 1.807) is 41.9 Å². The molecule has 0 radical (unpaired) electrons. The van der Waals surface area contributed by atoms with Crippen molar-refractivity contribution in [3.8, 4) is 0 Å². The van der Waals surface area contributed by atoms with E-state index in [-0.39, 0.29) is 23.8 Å². The van der Waals surface area contributed by atoms with E-state index in [9.17, 15) is 18.8 Å². The van der Waals surface area contributed by atoms with E-state index in [0.29, 0.717) is 28.7 Å². The second-order valence-corrected chi connectivity index (χ2v) is 8.47. The highest BCUT2D eigenvalue weighted by molar-refractivity contribution is 8.00. The van der Waals surface area contributed by atoms with Crippen LogP contribution >= 0.6 is 11.8 Å². The summed E-state index contributed by atoms with van der Waals surface area (Å²) in [6.07, 6.45) is 0.429. The molecule has 1 aromatic heterocycles. The van der Waals surface area contributed by atoms with Crippen molar-refractivity contribution in [2.24, 2.45) is 7.05 Å². The summed E-state index contributed by atoms with van der Waals surface area (Å²) in [5, 5.41) is 13.5. The maximum atomic E-state index is 13.7. The number of amides is 2. The van der Waals surface area contributed by atoms with Crippen LogP contribution in [0.2, 0.25) is 0 Å². The summed E-state index contributed by atoms with van der Waals surface area (Å²) < 4.78 is 15.4. The molecule has 1 atom stereocenters. The molecule has 0 fully saturated rings. The van der Waals surface area contributed by atoms with Crippen LogP contribution < -0.4 is 10.6 Å². The first-order valence-corrected chi connectivity index (χ1v) is 11.2. The van der Waals surface area contributed by atoms with Crippen molar-refractivity contribution >= 4 is 40.7 Å². The molecule has 3 rings (SSSR count). The molecule has 172 valence electrons. The van der Waals surface area contributed by atoms with Crippen molar-refractivity contribution in [1.82, 2.24) is 14.8 Å². The Kier molecular flexibility index (Phi) is 7.94. The predicted octanol–water partition coefficient (Wildman–Crippen LogP) is 3.85. The topological polar surface area (TPSA) is 106 Å². The molecule has 0 saturated heterocycles. The van der Waals surface area contributed by atoms with Gasteiger partial charge in [0.25, 0.3) is 0 Å². The van der Waals surface area contributed by atoms with Gasteiger partial charge in [-0.05, 0) is 37.6 Å². The summed E-state index contributed by atoms with van der Waals surface area (Å²) >= 11 is 1.23. The van der Waals surface area contributed by atoms with Crippen LogP contribution in [0, 0.1) is 5.82 Å². The van der Waals surface area contributed by atoms with Crippen LogP contribution in [0.25, 0.3) is 0 Å². The highest BCUT2D eigenvalue weighted by Gasteiger charge is 2.22. The Balaban J connectivity index is 1.64. The van der Waals surface area contributed by atoms with Crippen LogP contribution in [0.15, 0.2) is 53.7 Å². The Labute approximate surface area is 195 Å². The van der Waals surface area contributed by atoms with Crippen LogP contribution in [0.1, 0.15) is 36.5 Å². The molecule has 0 aliphatic carbocycles. The van der Waals surface area contributed by atoms with Gasteiger partial charge in [-0.2, -0.15) is 0 Å². The lowest BCUT2D eigenvalue weighted by Gasteiger charge is -2.14. The SMILES string of the molecule is CCC(Sc1nnc(CC(=O)Nc2ccccc2F)n1C)C(=O)Nc1cccc(C(C)=O)c1. The average Bonchev–Trinajstić information content (AvgIpc) is 3.12. The number of para-hydroxylation sites is 1. The Bertz CT molecular complexity index is 1180. The monoisotopic (exact) mass is 469 g/mol. The van der Waals surface area contributed by atoms with E-state index in [2.05, 4.69) is 20.8 Å². The summed E-state index contributed by atoms with van der Waals surface area (Å²) in [6, 6.07) is 12.7. The summed E-state index contributed by atoms with van der Waals surface area (Å²) in [7, 11) is 1.70. The third-order valence-corrected chi connectivity index (χ3v) is 6.24. The number of benzene rings is 2. The number of Topliss-reactive ketones (excluding diaryl/α,β-unsaturated/α-hetero) is 1. The molecule has 2 N–H and O–H groups in total. The number of hydrogen-bond acceptors (Lipinski definition) is 6. The number of halogens is 1. The van der Waals surface area contributed by atoms with Crippen molar-refractivity contribution in [2.45, 2.75) is 37.1 Å².